The molecule has 0 saturated heterocycles. The van der Waals surface area contributed by atoms with E-state index in [-0.39, 0.29) is 35.0 Å². The quantitative estimate of drug-likeness (QED) is 0.186. The Hall–Kier alpha value is -1.07. The van der Waals surface area contributed by atoms with Gasteiger partial charge in [0, 0.05) is 5.97 Å². The number of hydrogen-bond donors (Lipinski definition) is 0. The zero-order chi connectivity index (χ0) is 20.0. The Balaban J connectivity index is -0.000000709. The standard InChI is InChI=1S/C18H32O2.C4H6O2.Mg/c1-2-3-4-5-6-7-8-9-10-11-12-13-14-15-16-17-18(19)20;1-3(2)4(5)6;/h6-7,9-10H,2-5,8,11-17H2,1H3,(H,19,20);1H2,2H3,(H,5,6);/q;;+2/p-2/b7-6-,10-9-;;. The first-order valence-electron chi connectivity index (χ1n) is 9.78. The molecule has 0 saturated carbocycles. The monoisotopic (exact) mass is 388 g/mol. The first-order valence-corrected chi connectivity index (χ1v) is 9.78. The van der Waals surface area contributed by atoms with Crippen molar-refractivity contribution >= 4 is 35.0 Å². The second kappa shape index (κ2) is 24.9. The van der Waals surface area contributed by atoms with E-state index in [0.717, 1.165) is 32.1 Å². The van der Waals surface area contributed by atoms with Crippen molar-refractivity contribution in [2.24, 2.45) is 0 Å². The fourth-order valence-electron chi connectivity index (χ4n) is 2.08. The van der Waals surface area contributed by atoms with Crippen LogP contribution in [0.25, 0.3) is 0 Å². The van der Waals surface area contributed by atoms with Crippen molar-refractivity contribution in [3.8, 4) is 0 Å². The third-order valence-electron chi connectivity index (χ3n) is 3.68. The molecule has 0 unspecified atom stereocenters. The van der Waals surface area contributed by atoms with Gasteiger partial charge in [-0.1, -0.05) is 69.9 Å². The molecule has 4 nitrogen and oxygen atoms in total. The average Bonchev–Trinajstić information content (AvgIpc) is 2.58. The molecule has 0 aromatic heterocycles. The number of carboxylic acid groups (broad SMARTS) is 2. The van der Waals surface area contributed by atoms with Gasteiger partial charge in [0.2, 0.25) is 0 Å². The molecule has 0 aromatic carbocycles. The summed E-state index contributed by atoms with van der Waals surface area (Å²) in [5, 5.41) is 19.7. The van der Waals surface area contributed by atoms with Crippen molar-refractivity contribution in [2.45, 2.75) is 90.9 Å². The summed E-state index contributed by atoms with van der Waals surface area (Å²) in [6, 6.07) is 0. The fraction of sp³-hybridized carbons (Fsp3) is 0.636. The topological polar surface area (TPSA) is 80.3 Å². The van der Waals surface area contributed by atoms with Gasteiger partial charge in [0.1, 0.15) is 0 Å². The molecule has 0 aliphatic rings. The minimum atomic E-state index is -1.19. The first-order chi connectivity index (χ1) is 12.4. The third kappa shape index (κ3) is 33.0. The zero-order valence-electron chi connectivity index (χ0n) is 17.3. The van der Waals surface area contributed by atoms with Gasteiger partial charge in [-0.3, -0.25) is 0 Å². The molecule has 0 aromatic rings. The van der Waals surface area contributed by atoms with Crippen LogP contribution in [-0.4, -0.2) is 35.0 Å². The van der Waals surface area contributed by atoms with E-state index in [1.54, 1.807) is 0 Å². The van der Waals surface area contributed by atoms with Crippen molar-refractivity contribution in [1.82, 2.24) is 0 Å². The third-order valence-corrected chi connectivity index (χ3v) is 3.68. The van der Waals surface area contributed by atoms with E-state index in [9.17, 15) is 19.8 Å². The second-order valence-corrected chi connectivity index (χ2v) is 6.42. The number of unbranched alkanes of at least 4 members (excludes halogenated alkanes) is 8. The van der Waals surface area contributed by atoms with Crippen molar-refractivity contribution in [1.29, 1.82) is 0 Å². The molecule has 0 fully saturated rings. The van der Waals surface area contributed by atoms with Gasteiger partial charge >= 0.3 is 23.1 Å². The summed E-state index contributed by atoms with van der Waals surface area (Å²) in [5.41, 5.74) is 0.0648. The van der Waals surface area contributed by atoms with Crippen LogP contribution < -0.4 is 10.2 Å². The van der Waals surface area contributed by atoms with Gasteiger partial charge in [-0.05, 0) is 57.4 Å². The number of aliphatic carboxylic acids is 2. The number of allylic oxidation sites excluding steroid dienone is 4. The molecule has 0 atom stereocenters. The van der Waals surface area contributed by atoms with Gasteiger partial charge in [0.25, 0.3) is 0 Å². The van der Waals surface area contributed by atoms with Crippen LogP contribution in [0.2, 0.25) is 0 Å². The van der Waals surface area contributed by atoms with Gasteiger partial charge < -0.3 is 19.8 Å². The van der Waals surface area contributed by atoms with Crippen molar-refractivity contribution < 1.29 is 19.8 Å². The summed E-state index contributed by atoms with van der Waals surface area (Å²) >= 11 is 0. The molecule has 0 rings (SSSR count). The van der Waals surface area contributed by atoms with Crippen LogP contribution in [0, 0.1) is 0 Å². The van der Waals surface area contributed by atoms with E-state index in [1.807, 2.05) is 0 Å². The molecule has 0 heterocycles. The smallest absolute Gasteiger partial charge is 0.550 e. The van der Waals surface area contributed by atoms with Crippen LogP contribution in [0.15, 0.2) is 36.5 Å². The normalized spacial score (nSPS) is 10.3. The summed E-state index contributed by atoms with van der Waals surface area (Å²) in [7, 11) is 0. The fourth-order valence-corrected chi connectivity index (χ4v) is 2.08. The molecule has 5 heteroatoms. The summed E-state index contributed by atoms with van der Waals surface area (Å²) in [4.78, 5) is 19.7. The van der Waals surface area contributed by atoms with E-state index < -0.39 is 11.9 Å². The van der Waals surface area contributed by atoms with Crippen molar-refractivity contribution in [3.05, 3.63) is 36.5 Å². The Morgan fingerprint density at radius 1 is 0.815 bits per heavy atom. The SMILES string of the molecule is C=C(C)C(=O)[O-].CCCCC/C=C\C/C=C\CCCCCCCC(=O)[O-].[Mg+2]. The zero-order valence-corrected chi connectivity index (χ0v) is 18.8. The van der Waals surface area contributed by atoms with Crippen molar-refractivity contribution in [2.75, 3.05) is 0 Å². The predicted octanol–water partition coefficient (Wildman–Crippen LogP) is 3.48. The van der Waals surface area contributed by atoms with Crippen LogP contribution in [0.4, 0.5) is 0 Å². The molecule has 0 spiro atoms. The van der Waals surface area contributed by atoms with E-state index in [2.05, 4.69) is 37.8 Å². The summed E-state index contributed by atoms with van der Waals surface area (Å²) in [6.07, 6.45) is 21.9. The molecule has 0 bridgehead atoms. The van der Waals surface area contributed by atoms with Gasteiger partial charge in [0.05, 0.1) is 5.97 Å². The first kappa shape index (κ1) is 30.6. The summed E-state index contributed by atoms with van der Waals surface area (Å²) in [5.74, 6) is -2.11. The number of carbonyl (C=O) groups is 2. The van der Waals surface area contributed by atoms with Gasteiger partial charge in [-0.2, -0.15) is 0 Å². The van der Waals surface area contributed by atoms with Crippen LogP contribution in [0.3, 0.4) is 0 Å². The maximum atomic E-state index is 10.2. The number of carboxylic acids is 2. The Kier molecular flexibility index (Phi) is 28.3. The molecule has 0 aliphatic heterocycles. The second-order valence-electron chi connectivity index (χ2n) is 6.42. The molecule has 150 valence electrons. The Morgan fingerprint density at radius 2 is 1.26 bits per heavy atom. The van der Waals surface area contributed by atoms with Crippen LogP contribution in [0.5, 0.6) is 0 Å². The summed E-state index contributed by atoms with van der Waals surface area (Å²) in [6.45, 7) is 6.71. The number of hydrogen-bond acceptors (Lipinski definition) is 4. The number of rotatable bonds is 15. The predicted molar refractivity (Wildman–Crippen MR) is 110 cm³/mol. The Bertz CT molecular complexity index is 416. The minimum absolute atomic E-state index is 0. The van der Waals surface area contributed by atoms with Gasteiger partial charge in [-0.15, -0.1) is 0 Å². The van der Waals surface area contributed by atoms with E-state index in [4.69, 9.17) is 0 Å². The molecule has 0 radical (unpaired) electrons. The van der Waals surface area contributed by atoms with Gasteiger partial charge in [0.15, 0.2) is 0 Å². The van der Waals surface area contributed by atoms with Crippen molar-refractivity contribution in [3.63, 3.8) is 0 Å². The molecule has 0 aliphatic carbocycles. The molecular formula is C22H36MgO4. The maximum absolute atomic E-state index is 10.2. The largest absolute Gasteiger partial charge is 2.00 e. The van der Waals surface area contributed by atoms with E-state index in [0.29, 0.717) is 0 Å². The van der Waals surface area contributed by atoms with E-state index in [1.165, 1.54) is 45.4 Å². The number of carbonyl (C=O) groups excluding carboxylic acids is 2. The Labute approximate surface area is 182 Å². The molecule has 0 amide bonds. The molecule has 0 N–H and O–H groups in total. The average molecular weight is 389 g/mol. The maximum Gasteiger partial charge on any atom is 2.00 e. The Morgan fingerprint density at radius 3 is 1.70 bits per heavy atom. The summed E-state index contributed by atoms with van der Waals surface area (Å²) < 4.78 is 0. The molecule has 27 heavy (non-hydrogen) atoms. The molecular weight excluding hydrogens is 353 g/mol. The van der Waals surface area contributed by atoms with Crippen LogP contribution >= 0.6 is 0 Å². The van der Waals surface area contributed by atoms with Crippen LogP contribution in [-0.2, 0) is 9.59 Å². The van der Waals surface area contributed by atoms with Crippen LogP contribution in [0.1, 0.15) is 90.9 Å². The van der Waals surface area contributed by atoms with E-state index >= 15 is 0 Å². The van der Waals surface area contributed by atoms with Gasteiger partial charge in [-0.25, -0.2) is 0 Å². The minimum Gasteiger partial charge on any atom is -0.550 e.